The van der Waals surface area contributed by atoms with Gasteiger partial charge in [-0.05, 0) is 23.8 Å². The average molecular weight is 176 g/mol. The predicted octanol–water partition coefficient (Wildman–Crippen LogP) is 2.47. The van der Waals surface area contributed by atoms with Gasteiger partial charge in [-0.1, -0.05) is 38.1 Å². The van der Waals surface area contributed by atoms with E-state index in [1.807, 2.05) is 12.1 Å². The van der Waals surface area contributed by atoms with E-state index in [9.17, 15) is 0 Å². The van der Waals surface area contributed by atoms with Gasteiger partial charge >= 0.3 is 0 Å². The summed E-state index contributed by atoms with van der Waals surface area (Å²) in [6, 6.07) is 8.19. The lowest BCUT2D eigenvalue weighted by Crippen LogP contribution is -2.06. The van der Waals surface area contributed by atoms with Gasteiger partial charge in [0.15, 0.2) is 0 Å². The summed E-state index contributed by atoms with van der Waals surface area (Å²) in [5.41, 5.74) is 8.02. The normalized spacial score (nSPS) is 12.9. The van der Waals surface area contributed by atoms with Crippen molar-refractivity contribution in [3.05, 3.63) is 35.4 Å². The number of benzene rings is 1. The first-order valence-electron chi connectivity index (χ1n) is 4.46. The molecule has 1 rings (SSSR count). The van der Waals surface area contributed by atoms with Gasteiger partial charge in [0.05, 0.1) is 0 Å². The number of rotatable bonds is 3. The van der Waals surface area contributed by atoms with E-state index in [-0.39, 0.29) is 6.17 Å². The van der Waals surface area contributed by atoms with Crippen LogP contribution in [0.2, 0.25) is 0 Å². The maximum Gasteiger partial charge on any atom is 0.122 e. The molecule has 0 saturated heterocycles. The molecule has 0 bridgehead atoms. The molecular weight excluding hydrogens is 160 g/mol. The molecule has 70 valence electrons. The molecule has 0 amide bonds. The first kappa shape index (κ1) is 9.93. The van der Waals surface area contributed by atoms with Crippen LogP contribution in [0.25, 0.3) is 0 Å². The van der Waals surface area contributed by atoms with Gasteiger partial charge in [0.1, 0.15) is 6.17 Å². The van der Waals surface area contributed by atoms with Crippen LogP contribution in [0.3, 0.4) is 0 Å². The zero-order valence-corrected chi connectivity index (χ0v) is 8.20. The van der Waals surface area contributed by atoms with Gasteiger partial charge in [0.2, 0.25) is 0 Å². The summed E-state index contributed by atoms with van der Waals surface area (Å²) in [5, 5.41) is 0. The second-order valence-electron chi connectivity index (χ2n) is 3.45. The number of hydrogen-bond acceptors (Lipinski definition) is 2. The van der Waals surface area contributed by atoms with E-state index in [0.29, 0.717) is 5.92 Å². The SMILES string of the molecule is C=NC(N)c1ccc(C(C)C)cc1. The largest absolute Gasteiger partial charge is 0.306 e. The molecule has 0 aliphatic rings. The molecule has 0 aliphatic carbocycles. The summed E-state index contributed by atoms with van der Waals surface area (Å²) in [6.07, 6.45) is -0.291. The Morgan fingerprint density at radius 2 is 1.62 bits per heavy atom. The van der Waals surface area contributed by atoms with Crippen LogP contribution in [-0.4, -0.2) is 6.72 Å². The summed E-state index contributed by atoms with van der Waals surface area (Å²) in [5.74, 6) is 0.557. The fraction of sp³-hybridized carbons (Fsp3) is 0.364. The molecule has 0 heterocycles. The zero-order valence-electron chi connectivity index (χ0n) is 8.20. The minimum Gasteiger partial charge on any atom is -0.306 e. The second kappa shape index (κ2) is 4.19. The van der Waals surface area contributed by atoms with Gasteiger partial charge in [0, 0.05) is 0 Å². The van der Waals surface area contributed by atoms with E-state index in [4.69, 9.17) is 5.73 Å². The van der Waals surface area contributed by atoms with Crippen LogP contribution in [0.15, 0.2) is 29.3 Å². The molecule has 0 saturated carbocycles. The first-order valence-corrected chi connectivity index (χ1v) is 4.46. The van der Waals surface area contributed by atoms with Gasteiger partial charge in [-0.2, -0.15) is 0 Å². The molecule has 0 aromatic heterocycles. The summed E-state index contributed by atoms with van der Waals surface area (Å²) in [4.78, 5) is 3.76. The quantitative estimate of drug-likeness (QED) is 0.706. The summed E-state index contributed by atoms with van der Waals surface area (Å²) < 4.78 is 0. The Morgan fingerprint density at radius 3 is 2.00 bits per heavy atom. The highest BCUT2D eigenvalue weighted by Crippen LogP contribution is 2.17. The van der Waals surface area contributed by atoms with Crippen molar-refractivity contribution in [3.63, 3.8) is 0 Å². The lowest BCUT2D eigenvalue weighted by molar-refractivity contribution is 0.779. The van der Waals surface area contributed by atoms with Crippen molar-refractivity contribution in [2.75, 3.05) is 0 Å². The fourth-order valence-corrected chi connectivity index (χ4v) is 1.18. The van der Waals surface area contributed by atoms with Crippen molar-refractivity contribution in [2.24, 2.45) is 10.7 Å². The molecular formula is C11H16N2. The van der Waals surface area contributed by atoms with Crippen LogP contribution in [0.4, 0.5) is 0 Å². The Labute approximate surface area is 79.5 Å². The number of nitrogens with zero attached hydrogens (tertiary/aromatic N) is 1. The molecule has 0 aliphatic heterocycles. The van der Waals surface area contributed by atoms with E-state index in [0.717, 1.165) is 5.56 Å². The molecule has 0 radical (unpaired) electrons. The average Bonchev–Trinajstić information content (AvgIpc) is 2.17. The van der Waals surface area contributed by atoms with Crippen molar-refractivity contribution in [1.29, 1.82) is 0 Å². The lowest BCUT2D eigenvalue weighted by Gasteiger charge is -2.09. The van der Waals surface area contributed by atoms with Gasteiger partial charge in [-0.15, -0.1) is 0 Å². The highest BCUT2D eigenvalue weighted by atomic mass is 14.9. The van der Waals surface area contributed by atoms with Crippen LogP contribution < -0.4 is 5.73 Å². The number of aliphatic imine (C=N–C) groups is 1. The van der Waals surface area contributed by atoms with Crippen molar-refractivity contribution >= 4 is 6.72 Å². The highest BCUT2D eigenvalue weighted by Gasteiger charge is 2.03. The molecule has 2 N–H and O–H groups in total. The van der Waals surface area contributed by atoms with E-state index < -0.39 is 0 Å². The molecule has 1 aromatic rings. The number of nitrogens with two attached hydrogens (primary N) is 1. The van der Waals surface area contributed by atoms with Crippen molar-refractivity contribution in [1.82, 2.24) is 0 Å². The molecule has 1 aromatic carbocycles. The van der Waals surface area contributed by atoms with Crippen LogP contribution in [-0.2, 0) is 0 Å². The summed E-state index contributed by atoms with van der Waals surface area (Å²) in [7, 11) is 0. The predicted molar refractivity (Wildman–Crippen MR) is 57.0 cm³/mol. The molecule has 1 unspecified atom stereocenters. The van der Waals surface area contributed by atoms with E-state index in [1.165, 1.54) is 5.56 Å². The van der Waals surface area contributed by atoms with Crippen LogP contribution in [0, 0.1) is 0 Å². The third-order valence-electron chi connectivity index (χ3n) is 2.14. The van der Waals surface area contributed by atoms with Gasteiger partial charge in [0.25, 0.3) is 0 Å². The van der Waals surface area contributed by atoms with Crippen molar-refractivity contribution < 1.29 is 0 Å². The molecule has 13 heavy (non-hydrogen) atoms. The summed E-state index contributed by atoms with van der Waals surface area (Å²) in [6.45, 7) is 7.75. The Balaban J connectivity index is 2.87. The van der Waals surface area contributed by atoms with E-state index >= 15 is 0 Å². The Hall–Kier alpha value is -1.15. The minimum absolute atomic E-state index is 0.291. The highest BCUT2D eigenvalue weighted by molar-refractivity contribution is 5.30. The Bertz CT molecular complexity index is 275. The van der Waals surface area contributed by atoms with Crippen molar-refractivity contribution in [3.8, 4) is 0 Å². The van der Waals surface area contributed by atoms with Crippen molar-refractivity contribution in [2.45, 2.75) is 25.9 Å². The van der Waals surface area contributed by atoms with E-state index in [1.54, 1.807) is 0 Å². The lowest BCUT2D eigenvalue weighted by atomic mass is 10.0. The van der Waals surface area contributed by atoms with Crippen LogP contribution in [0.1, 0.15) is 37.1 Å². The number of hydrogen-bond donors (Lipinski definition) is 1. The molecule has 2 heteroatoms. The first-order chi connectivity index (χ1) is 6.15. The van der Waals surface area contributed by atoms with Crippen LogP contribution >= 0.6 is 0 Å². The van der Waals surface area contributed by atoms with Gasteiger partial charge in [-0.3, -0.25) is 4.99 Å². The third kappa shape index (κ3) is 2.39. The van der Waals surface area contributed by atoms with Crippen LogP contribution in [0.5, 0.6) is 0 Å². The zero-order chi connectivity index (χ0) is 9.84. The molecule has 0 spiro atoms. The Kier molecular flexibility index (Phi) is 3.20. The topological polar surface area (TPSA) is 38.4 Å². The standard InChI is InChI=1S/C11H16N2/c1-8(2)9-4-6-10(7-5-9)11(12)13-3/h4-8,11H,3,12H2,1-2H3. The van der Waals surface area contributed by atoms with Gasteiger partial charge < -0.3 is 5.73 Å². The molecule has 1 atom stereocenters. The smallest absolute Gasteiger partial charge is 0.122 e. The van der Waals surface area contributed by atoms with Gasteiger partial charge in [-0.25, -0.2) is 0 Å². The fourth-order valence-electron chi connectivity index (χ4n) is 1.18. The third-order valence-corrected chi connectivity index (χ3v) is 2.14. The Morgan fingerprint density at radius 1 is 1.15 bits per heavy atom. The monoisotopic (exact) mass is 176 g/mol. The second-order valence-corrected chi connectivity index (χ2v) is 3.45. The van der Waals surface area contributed by atoms with E-state index in [2.05, 4.69) is 37.7 Å². The minimum atomic E-state index is -0.291. The maximum absolute atomic E-state index is 5.69. The maximum atomic E-state index is 5.69. The molecule has 0 fully saturated rings. The molecule has 2 nitrogen and oxygen atoms in total. The summed E-state index contributed by atoms with van der Waals surface area (Å²) >= 11 is 0.